The number of fused-ring (bicyclic) bond motifs is 1. The minimum Gasteiger partial charge on any atom is -0.423 e. The first-order valence-electron chi connectivity index (χ1n) is 8.70. The number of nitriles is 1. The third-order valence-electron chi connectivity index (χ3n) is 4.70. The highest BCUT2D eigenvalue weighted by atomic mass is 35.5. The molecule has 3 N–H and O–H groups in total. The van der Waals surface area contributed by atoms with Crippen LogP contribution in [0.25, 0.3) is 0 Å². The topological polar surface area (TPSA) is 112 Å². The summed E-state index contributed by atoms with van der Waals surface area (Å²) in [4.78, 5) is 8.61. The van der Waals surface area contributed by atoms with Crippen LogP contribution in [0.4, 0.5) is 17.5 Å². The van der Waals surface area contributed by atoms with Crippen molar-refractivity contribution in [2.45, 2.75) is 19.1 Å². The number of nitrogens with one attached hydrogen (secondary N) is 2. The van der Waals surface area contributed by atoms with Crippen LogP contribution in [0, 0.1) is 17.2 Å². The molecule has 2 aliphatic heterocycles. The highest BCUT2D eigenvalue weighted by Crippen LogP contribution is 2.27. The van der Waals surface area contributed by atoms with Gasteiger partial charge in [-0.15, -0.1) is 0 Å². The fourth-order valence-electron chi connectivity index (χ4n) is 3.26. The lowest BCUT2D eigenvalue weighted by molar-refractivity contribution is 0.0698. The van der Waals surface area contributed by atoms with E-state index in [-0.39, 0.29) is 18.6 Å². The van der Waals surface area contributed by atoms with E-state index in [9.17, 15) is 10.3 Å². The summed E-state index contributed by atoms with van der Waals surface area (Å²) in [7, 11) is -1.01. The Morgan fingerprint density at radius 2 is 2.18 bits per heavy atom. The van der Waals surface area contributed by atoms with E-state index in [1.54, 1.807) is 6.07 Å². The van der Waals surface area contributed by atoms with Gasteiger partial charge in [0.2, 0.25) is 5.95 Å². The predicted octanol–water partition coefficient (Wildman–Crippen LogP) is 2.09. The van der Waals surface area contributed by atoms with Gasteiger partial charge in [0.15, 0.2) is 5.82 Å². The summed E-state index contributed by atoms with van der Waals surface area (Å²) in [6, 6.07) is 5.58. The number of hydrogen-bond acceptors (Lipinski definition) is 8. The van der Waals surface area contributed by atoms with Crippen molar-refractivity contribution in [2.24, 2.45) is 5.92 Å². The molecule has 3 heterocycles. The fraction of sp³-hybridized carbons (Fsp3) is 0.353. The van der Waals surface area contributed by atoms with Gasteiger partial charge in [0, 0.05) is 22.8 Å². The van der Waals surface area contributed by atoms with Crippen molar-refractivity contribution < 1.29 is 14.4 Å². The standard InChI is InChI=1S/C17H16BCl2N5O3/c19-12-4-11(3-10-7-28-18(26)15(10)12)23-17-22-6-13(20)16(25-17)24-14-8-27-2-1-9(14)5-21/h3-4,6,9,14,26H,1-2,7-8H2,(H2,22,23,24,25)/t9?,14-/m0/s1. The normalized spacial score (nSPS) is 21.1. The van der Waals surface area contributed by atoms with Crippen LogP contribution in [-0.2, 0) is 16.0 Å². The Bertz CT molecular complexity index is 942. The molecule has 1 unspecified atom stereocenters. The van der Waals surface area contributed by atoms with Crippen LogP contribution >= 0.6 is 23.2 Å². The lowest BCUT2D eigenvalue weighted by Gasteiger charge is -2.28. The molecule has 0 bridgehead atoms. The van der Waals surface area contributed by atoms with Crippen LogP contribution < -0.4 is 16.1 Å². The highest BCUT2D eigenvalue weighted by Gasteiger charge is 2.30. The van der Waals surface area contributed by atoms with Crippen molar-refractivity contribution in [1.29, 1.82) is 5.26 Å². The average molecular weight is 420 g/mol. The zero-order chi connectivity index (χ0) is 19.7. The first kappa shape index (κ1) is 19.2. The number of nitrogens with zero attached hydrogens (tertiary/aromatic N) is 3. The number of ether oxygens (including phenoxy) is 1. The van der Waals surface area contributed by atoms with Gasteiger partial charge in [0.25, 0.3) is 0 Å². The van der Waals surface area contributed by atoms with Gasteiger partial charge in [-0.05, 0) is 24.1 Å². The minimum atomic E-state index is -1.01. The summed E-state index contributed by atoms with van der Waals surface area (Å²) in [5, 5.41) is 26.1. The molecule has 0 amide bonds. The lowest BCUT2D eigenvalue weighted by atomic mass is 9.79. The van der Waals surface area contributed by atoms with Gasteiger partial charge in [-0.25, -0.2) is 4.98 Å². The smallest absolute Gasteiger partial charge is 0.423 e. The summed E-state index contributed by atoms with van der Waals surface area (Å²) < 4.78 is 10.6. The minimum absolute atomic E-state index is 0.182. The van der Waals surface area contributed by atoms with E-state index in [0.717, 1.165) is 5.56 Å². The zero-order valence-electron chi connectivity index (χ0n) is 14.7. The Labute approximate surface area is 171 Å². The molecule has 2 atom stereocenters. The lowest BCUT2D eigenvalue weighted by Crippen LogP contribution is -2.38. The number of rotatable bonds is 4. The van der Waals surface area contributed by atoms with E-state index in [1.807, 2.05) is 6.07 Å². The molecule has 1 saturated heterocycles. The number of halogens is 2. The quantitative estimate of drug-likeness (QED) is 0.645. The Morgan fingerprint density at radius 1 is 1.32 bits per heavy atom. The summed E-state index contributed by atoms with van der Waals surface area (Å²) in [5.41, 5.74) is 2.03. The molecule has 0 aliphatic carbocycles. The molecule has 8 nitrogen and oxygen atoms in total. The Balaban J connectivity index is 1.55. The van der Waals surface area contributed by atoms with Crippen LogP contribution in [0.3, 0.4) is 0 Å². The van der Waals surface area contributed by atoms with Gasteiger partial charge in [-0.3, -0.25) is 0 Å². The van der Waals surface area contributed by atoms with Crippen molar-refractivity contribution in [3.05, 3.63) is 33.9 Å². The Hall–Kier alpha value is -2.09. The van der Waals surface area contributed by atoms with Crippen molar-refractivity contribution in [3.63, 3.8) is 0 Å². The molecule has 0 saturated carbocycles. The molecule has 144 valence electrons. The van der Waals surface area contributed by atoms with Gasteiger partial charge >= 0.3 is 7.12 Å². The maximum atomic E-state index is 9.80. The third-order valence-corrected chi connectivity index (χ3v) is 5.29. The van der Waals surface area contributed by atoms with Crippen LogP contribution in [-0.4, -0.2) is 41.4 Å². The van der Waals surface area contributed by atoms with Gasteiger partial charge in [-0.2, -0.15) is 10.2 Å². The van der Waals surface area contributed by atoms with E-state index in [2.05, 4.69) is 26.7 Å². The van der Waals surface area contributed by atoms with Gasteiger partial charge in [0.05, 0.1) is 37.4 Å². The maximum Gasteiger partial charge on any atom is 0.493 e. The summed E-state index contributed by atoms with van der Waals surface area (Å²) in [6.45, 7) is 1.25. The van der Waals surface area contributed by atoms with Crippen molar-refractivity contribution in [1.82, 2.24) is 9.97 Å². The number of anilines is 3. The molecule has 11 heteroatoms. The second kappa shape index (κ2) is 8.11. The molecule has 1 aromatic heterocycles. The van der Waals surface area contributed by atoms with E-state index in [1.165, 1.54) is 6.20 Å². The molecular weight excluding hydrogens is 404 g/mol. The molecule has 0 spiro atoms. The van der Waals surface area contributed by atoms with Crippen molar-refractivity contribution in [3.8, 4) is 6.07 Å². The molecule has 1 aromatic carbocycles. The Morgan fingerprint density at radius 3 is 3.00 bits per heavy atom. The average Bonchev–Trinajstić information content (AvgIpc) is 3.06. The van der Waals surface area contributed by atoms with Gasteiger partial charge in [-0.1, -0.05) is 23.2 Å². The summed E-state index contributed by atoms with van der Waals surface area (Å²) in [6.07, 6.45) is 2.13. The maximum absolute atomic E-state index is 9.80. The number of hydrogen-bond donors (Lipinski definition) is 3. The first-order chi connectivity index (χ1) is 13.5. The van der Waals surface area contributed by atoms with Crippen molar-refractivity contribution in [2.75, 3.05) is 23.8 Å². The monoisotopic (exact) mass is 419 g/mol. The zero-order valence-corrected chi connectivity index (χ0v) is 16.2. The SMILES string of the molecule is N#CC1CCOC[C@@H]1Nc1nc(Nc2cc(Cl)c3c(c2)COB3O)ncc1Cl. The fourth-order valence-corrected chi connectivity index (χ4v) is 3.74. The van der Waals surface area contributed by atoms with Crippen LogP contribution in [0.2, 0.25) is 10.0 Å². The predicted molar refractivity (Wildman–Crippen MR) is 106 cm³/mol. The number of benzene rings is 1. The van der Waals surface area contributed by atoms with Crippen LogP contribution in [0.15, 0.2) is 18.3 Å². The summed E-state index contributed by atoms with van der Waals surface area (Å²) in [5.74, 6) is 0.548. The van der Waals surface area contributed by atoms with Gasteiger partial charge < -0.3 is 25.0 Å². The third kappa shape index (κ3) is 3.88. The number of aromatic nitrogens is 2. The molecule has 0 radical (unpaired) electrons. The van der Waals surface area contributed by atoms with E-state index in [0.29, 0.717) is 52.6 Å². The van der Waals surface area contributed by atoms with Crippen molar-refractivity contribution >= 4 is 53.2 Å². The van der Waals surface area contributed by atoms with E-state index >= 15 is 0 Å². The van der Waals surface area contributed by atoms with Crippen LogP contribution in [0.1, 0.15) is 12.0 Å². The molecule has 2 aromatic rings. The van der Waals surface area contributed by atoms with Gasteiger partial charge in [0.1, 0.15) is 5.02 Å². The highest BCUT2D eigenvalue weighted by molar-refractivity contribution is 6.65. The molecule has 28 heavy (non-hydrogen) atoms. The van der Waals surface area contributed by atoms with E-state index in [4.69, 9.17) is 32.6 Å². The second-order valence-corrected chi connectivity index (χ2v) is 7.37. The second-order valence-electron chi connectivity index (χ2n) is 6.56. The molecule has 1 fully saturated rings. The largest absolute Gasteiger partial charge is 0.493 e. The van der Waals surface area contributed by atoms with Crippen LogP contribution in [0.5, 0.6) is 0 Å². The first-order valence-corrected chi connectivity index (χ1v) is 9.46. The summed E-state index contributed by atoms with van der Waals surface area (Å²) >= 11 is 12.5. The Kier molecular flexibility index (Phi) is 5.57. The molecule has 2 aliphatic rings. The molecule has 4 rings (SSSR count). The molecular formula is C17H16BCl2N5O3. The van der Waals surface area contributed by atoms with E-state index < -0.39 is 7.12 Å².